The number of hydrogen-bond donors (Lipinski definition) is 1. The molecule has 2 rings (SSSR count). The van der Waals surface area contributed by atoms with Gasteiger partial charge in [-0.05, 0) is 37.9 Å². The number of aromatic hydroxyl groups is 1. The van der Waals surface area contributed by atoms with Crippen LogP contribution >= 0.6 is 31.9 Å². The molecular formula is C8H5Br2N3O. The van der Waals surface area contributed by atoms with Crippen molar-refractivity contribution < 1.29 is 5.11 Å². The van der Waals surface area contributed by atoms with Crippen LogP contribution < -0.4 is 0 Å². The van der Waals surface area contributed by atoms with Crippen LogP contribution in [0.25, 0.3) is 5.69 Å². The summed E-state index contributed by atoms with van der Waals surface area (Å²) in [5.41, 5.74) is 0.739. The molecule has 0 atom stereocenters. The maximum absolute atomic E-state index is 9.49. The highest BCUT2D eigenvalue weighted by atomic mass is 79.9. The Bertz CT molecular complexity index is 456. The van der Waals surface area contributed by atoms with E-state index < -0.39 is 0 Å². The van der Waals surface area contributed by atoms with Crippen LogP contribution in [0.15, 0.2) is 33.5 Å². The fraction of sp³-hybridized carbons (Fsp3) is 0. The van der Waals surface area contributed by atoms with Crippen molar-refractivity contribution in [1.29, 1.82) is 0 Å². The van der Waals surface area contributed by atoms with E-state index in [-0.39, 0.29) is 5.75 Å². The van der Waals surface area contributed by atoms with Crippen molar-refractivity contribution in [3.8, 4) is 11.4 Å². The van der Waals surface area contributed by atoms with E-state index in [0.717, 1.165) is 10.2 Å². The summed E-state index contributed by atoms with van der Waals surface area (Å²) < 4.78 is 3.02. The highest BCUT2D eigenvalue weighted by Crippen LogP contribution is 2.32. The first-order chi connectivity index (χ1) is 6.68. The molecular weight excluding hydrogens is 314 g/mol. The van der Waals surface area contributed by atoms with Crippen LogP contribution in [0.1, 0.15) is 0 Å². The Balaban J connectivity index is 2.60. The van der Waals surface area contributed by atoms with Gasteiger partial charge in [0.05, 0.1) is 22.6 Å². The zero-order valence-corrected chi connectivity index (χ0v) is 10.0. The zero-order chi connectivity index (χ0) is 10.1. The first-order valence-corrected chi connectivity index (χ1v) is 5.32. The second kappa shape index (κ2) is 3.70. The van der Waals surface area contributed by atoms with E-state index in [1.54, 1.807) is 29.2 Å². The summed E-state index contributed by atoms with van der Waals surface area (Å²) in [5.74, 6) is 0.165. The standard InChI is InChI=1S/C8H5Br2N3O/c9-5-3-6(10)8(14)4-7(5)13-2-1-11-12-13/h1-4,14H. The average Bonchev–Trinajstić information content (AvgIpc) is 2.64. The van der Waals surface area contributed by atoms with Gasteiger partial charge in [-0.15, -0.1) is 5.10 Å². The van der Waals surface area contributed by atoms with Crippen LogP contribution in [-0.4, -0.2) is 20.1 Å². The SMILES string of the molecule is Oc1cc(-n2ccnn2)c(Br)cc1Br. The van der Waals surface area contributed by atoms with Crippen molar-refractivity contribution in [3.63, 3.8) is 0 Å². The van der Waals surface area contributed by atoms with Crippen molar-refractivity contribution in [2.45, 2.75) is 0 Å². The lowest BCUT2D eigenvalue weighted by Gasteiger charge is -2.05. The molecule has 0 fully saturated rings. The van der Waals surface area contributed by atoms with Crippen LogP contribution in [0.5, 0.6) is 5.75 Å². The van der Waals surface area contributed by atoms with Crippen LogP contribution in [0.2, 0.25) is 0 Å². The number of rotatable bonds is 1. The summed E-state index contributed by atoms with van der Waals surface area (Å²) in [7, 11) is 0. The maximum Gasteiger partial charge on any atom is 0.131 e. The van der Waals surface area contributed by atoms with Gasteiger partial charge in [0.25, 0.3) is 0 Å². The Hall–Kier alpha value is -0.880. The van der Waals surface area contributed by atoms with E-state index in [1.807, 2.05) is 0 Å². The fourth-order valence-corrected chi connectivity index (χ4v) is 2.21. The molecule has 0 unspecified atom stereocenters. The largest absolute Gasteiger partial charge is 0.507 e. The quantitative estimate of drug-likeness (QED) is 0.879. The second-order valence-corrected chi connectivity index (χ2v) is 4.31. The highest BCUT2D eigenvalue weighted by Gasteiger charge is 2.07. The molecule has 1 aromatic carbocycles. The number of aromatic nitrogens is 3. The lowest BCUT2D eigenvalue weighted by atomic mass is 10.3. The lowest BCUT2D eigenvalue weighted by molar-refractivity contribution is 0.471. The van der Waals surface area contributed by atoms with E-state index in [4.69, 9.17) is 0 Å². The molecule has 72 valence electrons. The van der Waals surface area contributed by atoms with Crippen molar-refractivity contribution in [3.05, 3.63) is 33.5 Å². The minimum absolute atomic E-state index is 0.165. The zero-order valence-electron chi connectivity index (χ0n) is 6.85. The van der Waals surface area contributed by atoms with E-state index in [1.165, 1.54) is 0 Å². The van der Waals surface area contributed by atoms with Gasteiger partial charge >= 0.3 is 0 Å². The van der Waals surface area contributed by atoms with Crippen molar-refractivity contribution in [1.82, 2.24) is 15.0 Å². The number of halogens is 2. The topological polar surface area (TPSA) is 50.9 Å². The molecule has 14 heavy (non-hydrogen) atoms. The number of phenols is 1. The first kappa shape index (κ1) is 9.67. The minimum atomic E-state index is 0.165. The normalized spacial score (nSPS) is 10.4. The average molecular weight is 319 g/mol. The van der Waals surface area contributed by atoms with Crippen LogP contribution in [0.4, 0.5) is 0 Å². The van der Waals surface area contributed by atoms with Gasteiger partial charge in [-0.25, -0.2) is 4.68 Å². The Morgan fingerprint density at radius 3 is 2.64 bits per heavy atom. The molecule has 1 aromatic heterocycles. The lowest BCUT2D eigenvalue weighted by Crippen LogP contribution is -1.96. The van der Waals surface area contributed by atoms with Gasteiger partial charge in [0.15, 0.2) is 0 Å². The predicted octanol–water partition coefficient (Wildman–Crippen LogP) is 2.50. The monoisotopic (exact) mass is 317 g/mol. The van der Waals surface area contributed by atoms with E-state index in [9.17, 15) is 5.11 Å². The molecule has 0 saturated heterocycles. The second-order valence-electron chi connectivity index (χ2n) is 2.60. The molecule has 0 spiro atoms. The third kappa shape index (κ3) is 1.67. The number of phenolic OH excluding ortho intramolecular Hbond substituents is 1. The Morgan fingerprint density at radius 1 is 1.21 bits per heavy atom. The van der Waals surface area contributed by atoms with Crippen LogP contribution in [0.3, 0.4) is 0 Å². The fourth-order valence-electron chi connectivity index (χ4n) is 1.04. The highest BCUT2D eigenvalue weighted by molar-refractivity contribution is 9.11. The molecule has 0 aliphatic carbocycles. The maximum atomic E-state index is 9.49. The van der Waals surface area contributed by atoms with Gasteiger partial charge in [-0.2, -0.15) is 0 Å². The molecule has 0 radical (unpaired) electrons. The van der Waals surface area contributed by atoms with Gasteiger partial charge in [0.1, 0.15) is 5.75 Å². The van der Waals surface area contributed by atoms with Gasteiger partial charge in [-0.3, -0.25) is 0 Å². The minimum Gasteiger partial charge on any atom is -0.507 e. The smallest absolute Gasteiger partial charge is 0.131 e. The van der Waals surface area contributed by atoms with Gasteiger partial charge in [-0.1, -0.05) is 5.21 Å². The third-order valence-electron chi connectivity index (χ3n) is 1.69. The Kier molecular flexibility index (Phi) is 2.56. The number of benzene rings is 1. The van der Waals surface area contributed by atoms with E-state index in [0.29, 0.717) is 4.47 Å². The Morgan fingerprint density at radius 2 is 2.00 bits per heavy atom. The summed E-state index contributed by atoms with van der Waals surface area (Å²) in [4.78, 5) is 0. The molecule has 1 heterocycles. The first-order valence-electron chi connectivity index (χ1n) is 3.73. The number of nitrogens with zero attached hydrogens (tertiary/aromatic N) is 3. The van der Waals surface area contributed by atoms with Crippen molar-refractivity contribution in [2.24, 2.45) is 0 Å². The molecule has 0 amide bonds. The van der Waals surface area contributed by atoms with Gasteiger partial charge in [0, 0.05) is 10.5 Å². The molecule has 0 aliphatic heterocycles. The molecule has 6 heteroatoms. The van der Waals surface area contributed by atoms with Crippen molar-refractivity contribution in [2.75, 3.05) is 0 Å². The summed E-state index contributed by atoms with van der Waals surface area (Å²) in [6.07, 6.45) is 3.28. The van der Waals surface area contributed by atoms with Gasteiger partial charge < -0.3 is 5.11 Å². The predicted molar refractivity (Wildman–Crippen MR) is 58.4 cm³/mol. The summed E-state index contributed by atoms with van der Waals surface area (Å²) in [6, 6.07) is 3.36. The summed E-state index contributed by atoms with van der Waals surface area (Å²) in [5, 5.41) is 17.0. The van der Waals surface area contributed by atoms with E-state index >= 15 is 0 Å². The van der Waals surface area contributed by atoms with E-state index in [2.05, 4.69) is 42.2 Å². The Labute approximate surface area is 96.8 Å². The third-order valence-corrected chi connectivity index (χ3v) is 2.96. The molecule has 0 bridgehead atoms. The molecule has 1 N–H and O–H groups in total. The molecule has 4 nitrogen and oxygen atoms in total. The number of hydrogen-bond acceptors (Lipinski definition) is 3. The molecule has 0 aliphatic rings. The van der Waals surface area contributed by atoms with Crippen LogP contribution in [-0.2, 0) is 0 Å². The van der Waals surface area contributed by atoms with Crippen molar-refractivity contribution >= 4 is 31.9 Å². The van der Waals surface area contributed by atoms with Gasteiger partial charge in [0.2, 0.25) is 0 Å². The summed E-state index contributed by atoms with van der Waals surface area (Å²) >= 11 is 6.59. The molecule has 2 aromatic rings. The summed E-state index contributed by atoms with van der Waals surface area (Å²) in [6.45, 7) is 0. The molecule has 0 saturated carbocycles. The van der Waals surface area contributed by atoms with Crippen LogP contribution in [0, 0.1) is 0 Å².